The van der Waals surface area contributed by atoms with E-state index in [4.69, 9.17) is 4.42 Å². The highest BCUT2D eigenvalue weighted by Crippen LogP contribution is 2.45. The number of rotatable bonds is 7. The molecule has 0 fully saturated rings. The van der Waals surface area contributed by atoms with E-state index in [9.17, 15) is 0 Å². The quantitative estimate of drug-likeness (QED) is 0.162. The normalized spacial score (nSPS) is 11.4. The number of para-hydroxylation sites is 2. The van der Waals surface area contributed by atoms with Crippen LogP contribution in [-0.4, -0.2) is 0 Å². The zero-order valence-electron chi connectivity index (χ0n) is 31.7. The first-order valence-electron chi connectivity index (χ1n) is 19.8. The lowest BCUT2D eigenvalue weighted by Gasteiger charge is -2.28. The molecule has 2 heteroatoms. The predicted octanol–water partition coefficient (Wildman–Crippen LogP) is 16.0. The number of benzene rings is 10. The van der Waals surface area contributed by atoms with Gasteiger partial charge in [0.15, 0.2) is 0 Å². The SMILES string of the molecule is c1ccc(-c2ccc(N(c3ccc(-c4cccc(-c5cccc6ccccc56)c4)cc3)c3ccccc3-c3cccc4c3ccc3oc5ccccc5c34)cc2)cc1. The van der Waals surface area contributed by atoms with Gasteiger partial charge in [0.2, 0.25) is 0 Å². The number of nitrogens with zero attached hydrogens (tertiary/aromatic N) is 1. The molecule has 0 unspecified atom stereocenters. The van der Waals surface area contributed by atoms with Gasteiger partial charge < -0.3 is 9.32 Å². The second-order valence-electron chi connectivity index (χ2n) is 14.9. The fourth-order valence-electron chi connectivity index (χ4n) is 8.72. The second-order valence-corrected chi connectivity index (χ2v) is 14.9. The summed E-state index contributed by atoms with van der Waals surface area (Å²) < 4.78 is 6.30. The molecule has 0 saturated heterocycles. The van der Waals surface area contributed by atoms with Crippen molar-refractivity contribution >= 4 is 60.5 Å². The molecule has 1 aromatic heterocycles. The Labute approximate surface area is 337 Å². The predicted molar refractivity (Wildman–Crippen MR) is 245 cm³/mol. The summed E-state index contributed by atoms with van der Waals surface area (Å²) in [5, 5.41) is 7.17. The first-order chi connectivity index (χ1) is 28.8. The second kappa shape index (κ2) is 14.1. The van der Waals surface area contributed by atoms with Crippen LogP contribution in [0.1, 0.15) is 0 Å². The summed E-state index contributed by atoms with van der Waals surface area (Å²) in [6, 6.07) is 80.7. The Morgan fingerprint density at radius 2 is 0.845 bits per heavy atom. The molecule has 0 spiro atoms. The minimum Gasteiger partial charge on any atom is -0.456 e. The van der Waals surface area contributed by atoms with Crippen LogP contribution in [0.15, 0.2) is 229 Å². The molecule has 1 heterocycles. The minimum absolute atomic E-state index is 0.905. The molecule has 272 valence electrons. The maximum atomic E-state index is 6.30. The molecule has 11 aromatic rings. The molecule has 11 rings (SSSR count). The van der Waals surface area contributed by atoms with Gasteiger partial charge in [-0.1, -0.05) is 176 Å². The van der Waals surface area contributed by atoms with E-state index >= 15 is 0 Å². The highest BCUT2D eigenvalue weighted by Gasteiger charge is 2.20. The average Bonchev–Trinajstić information content (AvgIpc) is 3.69. The van der Waals surface area contributed by atoms with Gasteiger partial charge in [0.25, 0.3) is 0 Å². The molecule has 0 amide bonds. The van der Waals surface area contributed by atoms with Crippen LogP contribution in [0, 0.1) is 0 Å². The first-order valence-corrected chi connectivity index (χ1v) is 19.8. The van der Waals surface area contributed by atoms with Crippen molar-refractivity contribution in [1.29, 1.82) is 0 Å². The van der Waals surface area contributed by atoms with Crippen molar-refractivity contribution in [3.05, 3.63) is 224 Å². The third-order valence-corrected chi connectivity index (χ3v) is 11.5. The fraction of sp³-hybridized carbons (Fsp3) is 0. The zero-order chi connectivity index (χ0) is 38.4. The van der Waals surface area contributed by atoms with Gasteiger partial charge in [-0.2, -0.15) is 0 Å². The number of furan rings is 1. The lowest BCUT2D eigenvalue weighted by molar-refractivity contribution is 0.669. The van der Waals surface area contributed by atoms with Gasteiger partial charge in [0.05, 0.1) is 5.69 Å². The topological polar surface area (TPSA) is 16.4 Å². The molecule has 0 N–H and O–H groups in total. The van der Waals surface area contributed by atoms with Crippen molar-refractivity contribution in [3.8, 4) is 44.5 Å². The van der Waals surface area contributed by atoms with Gasteiger partial charge in [0, 0.05) is 27.7 Å². The first kappa shape index (κ1) is 33.6. The van der Waals surface area contributed by atoms with Crippen LogP contribution in [0.2, 0.25) is 0 Å². The van der Waals surface area contributed by atoms with Crippen molar-refractivity contribution in [2.24, 2.45) is 0 Å². The molecule has 0 aliphatic rings. The molecule has 0 bridgehead atoms. The van der Waals surface area contributed by atoms with E-state index in [0.29, 0.717) is 0 Å². The monoisotopic (exact) mass is 739 g/mol. The zero-order valence-corrected chi connectivity index (χ0v) is 31.7. The Bertz CT molecular complexity index is 3260. The van der Waals surface area contributed by atoms with E-state index < -0.39 is 0 Å². The lowest BCUT2D eigenvalue weighted by atomic mass is 9.93. The van der Waals surface area contributed by atoms with Crippen molar-refractivity contribution in [2.45, 2.75) is 0 Å². The smallest absolute Gasteiger partial charge is 0.136 e. The van der Waals surface area contributed by atoms with Crippen LogP contribution in [0.3, 0.4) is 0 Å². The average molecular weight is 740 g/mol. The Hall–Kier alpha value is -7.68. The summed E-state index contributed by atoms with van der Waals surface area (Å²) in [5.41, 5.74) is 14.6. The van der Waals surface area contributed by atoms with Crippen LogP contribution < -0.4 is 4.90 Å². The van der Waals surface area contributed by atoms with Crippen molar-refractivity contribution in [1.82, 2.24) is 0 Å². The van der Waals surface area contributed by atoms with Crippen LogP contribution in [0.5, 0.6) is 0 Å². The molecule has 2 nitrogen and oxygen atoms in total. The summed E-state index contributed by atoms with van der Waals surface area (Å²) >= 11 is 0. The maximum absolute atomic E-state index is 6.30. The van der Waals surface area contributed by atoms with Crippen LogP contribution in [0.25, 0.3) is 88.0 Å². The molecule has 0 aliphatic carbocycles. The summed E-state index contributed by atoms with van der Waals surface area (Å²) in [6.45, 7) is 0. The van der Waals surface area contributed by atoms with E-state index in [2.05, 4.69) is 217 Å². The Morgan fingerprint density at radius 3 is 1.67 bits per heavy atom. The van der Waals surface area contributed by atoms with Gasteiger partial charge in [0.1, 0.15) is 11.2 Å². The summed E-state index contributed by atoms with van der Waals surface area (Å²) in [6.07, 6.45) is 0. The largest absolute Gasteiger partial charge is 0.456 e. The molecule has 0 radical (unpaired) electrons. The van der Waals surface area contributed by atoms with Crippen LogP contribution >= 0.6 is 0 Å². The number of fused-ring (bicyclic) bond motifs is 6. The van der Waals surface area contributed by atoms with Crippen molar-refractivity contribution in [2.75, 3.05) is 4.90 Å². The van der Waals surface area contributed by atoms with Gasteiger partial charge >= 0.3 is 0 Å². The van der Waals surface area contributed by atoms with Gasteiger partial charge in [-0.25, -0.2) is 0 Å². The third-order valence-electron chi connectivity index (χ3n) is 11.5. The van der Waals surface area contributed by atoms with E-state index in [-0.39, 0.29) is 0 Å². The highest BCUT2D eigenvalue weighted by atomic mass is 16.3. The van der Waals surface area contributed by atoms with E-state index in [0.717, 1.165) is 44.6 Å². The molecule has 0 atom stereocenters. The number of hydrogen-bond donors (Lipinski definition) is 0. The molecular weight excluding hydrogens is 703 g/mol. The minimum atomic E-state index is 0.905. The van der Waals surface area contributed by atoms with Gasteiger partial charge in [-0.05, 0) is 109 Å². The standard InChI is InChI=1S/C56H37NO/c1-2-13-38(14-3-1)39-27-31-44(32-28-39)57(45-33-29-40(30-34-45)42-17-10-18-43(37-42)47-22-11-16-41-15-4-5-19-46(41)47)53-25-8-6-20-50(53)48-23-12-24-51-49(48)35-36-55-56(51)52-21-7-9-26-54(52)58-55/h1-37H. The van der Waals surface area contributed by atoms with E-state index in [1.807, 2.05) is 12.1 Å². The molecule has 0 saturated carbocycles. The number of hydrogen-bond acceptors (Lipinski definition) is 2. The maximum Gasteiger partial charge on any atom is 0.136 e. The Morgan fingerprint density at radius 1 is 0.293 bits per heavy atom. The van der Waals surface area contributed by atoms with E-state index in [1.165, 1.54) is 60.5 Å². The van der Waals surface area contributed by atoms with Gasteiger partial charge in [-0.15, -0.1) is 0 Å². The Kier molecular flexibility index (Phi) is 8.19. The van der Waals surface area contributed by atoms with Crippen LogP contribution in [0.4, 0.5) is 17.1 Å². The molecular formula is C56H37NO. The van der Waals surface area contributed by atoms with Crippen molar-refractivity contribution in [3.63, 3.8) is 0 Å². The van der Waals surface area contributed by atoms with Crippen molar-refractivity contribution < 1.29 is 4.42 Å². The molecule has 0 aliphatic heterocycles. The van der Waals surface area contributed by atoms with Crippen LogP contribution in [-0.2, 0) is 0 Å². The van der Waals surface area contributed by atoms with E-state index in [1.54, 1.807) is 0 Å². The third kappa shape index (κ3) is 5.82. The fourth-order valence-corrected chi connectivity index (χ4v) is 8.72. The molecule has 58 heavy (non-hydrogen) atoms. The summed E-state index contributed by atoms with van der Waals surface area (Å²) in [4.78, 5) is 2.39. The number of anilines is 3. The highest BCUT2D eigenvalue weighted by molar-refractivity contribution is 6.21. The van der Waals surface area contributed by atoms with Gasteiger partial charge in [-0.3, -0.25) is 0 Å². The molecule has 10 aromatic carbocycles. The lowest BCUT2D eigenvalue weighted by Crippen LogP contribution is -2.11. The summed E-state index contributed by atoms with van der Waals surface area (Å²) in [7, 11) is 0. The Balaban J connectivity index is 1.04. The summed E-state index contributed by atoms with van der Waals surface area (Å²) in [5.74, 6) is 0.